The number of thiazole rings is 1. The van der Waals surface area contributed by atoms with Crippen LogP contribution in [-0.4, -0.2) is 33.3 Å². The van der Waals surface area contributed by atoms with Crippen LogP contribution in [0.5, 0.6) is 5.75 Å². The van der Waals surface area contributed by atoms with Crippen molar-refractivity contribution >= 4 is 27.0 Å². The minimum atomic E-state index is -3.23. The molecule has 1 aromatic heterocycles. The van der Waals surface area contributed by atoms with Crippen LogP contribution in [0.2, 0.25) is 0 Å². The molecule has 0 unspecified atom stereocenters. The van der Waals surface area contributed by atoms with Gasteiger partial charge in [-0.05, 0) is 36.2 Å². The maximum Gasteiger partial charge on any atom is 0.232 e. The Morgan fingerprint density at radius 1 is 1.19 bits per heavy atom. The molecule has 7 heteroatoms. The zero-order chi connectivity index (χ0) is 18.3. The van der Waals surface area contributed by atoms with Crippen molar-refractivity contribution in [2.75, 3.05) is 24.2 Å². The van der Waals surface area contributed by atoms with E-state index in [1.165, 1.54) is 10.6 Å². The summed E-state index contributed by atoms with van der Waals surface area (Å²) in [6.45, 7) is 0.501. The number of fused-ring (bicyclic) bond motifs is 1. The topological polar surface area (TPSA) is 59.5 Å². The molecule has 0 saturated heterocycles. The molecule has 2 heterocycles. The highest BCUT2D eigenvalue weighted by Gasteiger charge is 2.26. The first-order valence-corrected chi connectivity index (χ1v) is 10.9. The van der Waals surface area contributed by atoms with Gasteiger partial charge in [-0.1, -0.05) is 18.2 Å². The number of sulfonamides is 1. The number of aromatic nitrogens is 1. The van der Waals surface area contributed by atoms with Crippen LogP contribution in [0.15, 0.2) is 47.8 Å². The molecule has 0 radical (unpaired) electrons. The van der Waals surface area contributed by atoms with Crippen LogP contribution < -0.4 is 9.04 Å². The number of benzene rings is 2. The van der Waals surface area contributed by atoms with E-state index < -0.39 is 10.0 Å². The van der Waals surface area contributed by atoms with Gasteiger partial charge in [-0.3, -0.25) is 4.31 Å². The predicted molar refractivity (Wildman–Crippen MR) is 105 cm³/mol. The number of rotatable bonds is 4. The smallest absolute Gasteiger partial charge is 0.232 e. The molecule has 0 aliphatic carbocycles. The van der Waals surface area contributed by atoms with E-state index in [0.29, 0.717) is 6.54 Å². The van der Waals surface area contributed by atoms with Crippen LogP contribution >= 0.6 is 11.3 Å². The highest BCUT2D eigenvalue weighted by atomic mass is 32.2. The SMILES string of the molecule is COc1ccccc1-c1nc(-c2ccc3c(c2)CCN3S(C)(=O)=O)cs1. The Morgan fingerprint density at radius 2 is 2.00 bits per heavy atom. The first-order chi connectivity index (χ1) is 12.5. The summed E-state index contributed by atoms with van der Waals surface area (Å²) in [4.78, 5) is 4.76. The lowest BCUT2D eigenvalue weighted by Gasteiger charge is -2.16. The first-order valence-electron chi connectivity index (χ1n) is 8.17. The summed E-state index contributed by atoms with van der Waals surface area (Å²) in [5.41, 5.74) is 4.67. The van der Waals surface area contributed by atoms with Crippen molar-refractivity contribution < 1.29 is 13.2 Å². The molecule has 0 amide bonds. The number of hydrogen-bond donors (Lipinski definition) is 0. The summed E-state index contributed by atoms with van der Waals surface area (Å²) in [5.74, 6) is 0.797. The maximum absolute atomic E-state index is 11.9. The summed E-state index contributed by atoms with van der Waals surface area (Å²) in [6, 6.07) is 13.7. The Morgan fingerprint density at radius 3 is 2.77 bits per heavy atom. The highest BCUT2D eigenvalue weighted by molar-refractivity contribution is 7.92. The fourth-order valence-electron chi connectivity index (χ4n) is 3.23. The van der Waals surface area contributed by atoms with E-state index in [9.17, 15) is 8.42 Å². The van der Waals surface area contributed by atoms with Crippen molar-refractivity contribution in [3.63, 3.8) is 0 Å². The van der Waals surface area contributed by atoms with Crippen LogP contribution in [-0.2, 0) is 16.4 Å². The second-order valence-corrected chi connectivity index (χ2v) is 8.93. The van der Waals surface area contributed by atoms with Crippen molar-refractivity contribution in [1.82, 2.24) is 4.98 Å². The van der Waals surface area contributed by atoms with E-state index in [0.717, 1.165) is 45.2 Å². The van der Waals surface area contributed by atoms with Crippen molar-refractivity contribution in [2.24, 2.45) is 0 Å². The van der Waals surface area contributed by atoms with Crippen molar-refractivity contribution in [3.8, 4) is 27.6 Å². The van der Waals surface area contributed by atoms with E-state index in [-0.39, 0.29) is 0 Å². The van der Waals surface area contributed by atoms with Gasteiger partial charge in [0.15, 0.2) is 0 Å². The zero-order valence-corrected chi connectivity index (χ0v) is 16.1. The predicted octanol–water partition coefficient (Wildman–Crippen LogP) is 3.81. The molecular formula is C19H18N2O3S2. The molecule has 0 saturated carbocycles. The van der Waals surface area contributed by atoms with Gasteiger partial charge in [0, 0.05) is 17.5 Å². The van der Waals surface area contributed by atoms with E-state index in [1.54, 1.807) is 18.4 Å². The quantitative estimate of drug-likeness (QED) is 0.684. The minimum absolute atomic E-state index is 0.501. The number of methoxy groups -OCH3 is 1. The van der Waals surface area contributed by atoms with Crippen LogP contribution in [0.4, 0.5) is 5.69 Å². The second kappa shape index (κ2) is 6.41. The molecule has 1 aliphatic rings. The standard InChI is InChI=1S/C19H18N2O3S2/c1-24-18-6-4-3-5-15(18)19-20-16(12-25-19)13-7-8-17-14(11-13)9-10-21(17)26(2,22)23/h3-8,11-12H,9-10H2,1-2H3. The summed E-state index contributed by atoms with van der Waals surface area (Å²) < 4.78 is 30.6. The Kier molecular flexibility index (Phi) is 4.20. The van der Waals surface area contributed by atoms with Gasteiger partial charge in [0.2, 0.25) is 10.0 Å². The lowest BCUT2D eigenvalue weighted by atomic mass is 10.1. The fraction of sp³-hybridized carbons (Fsp3) is 0.211. The van der Waals surface area contributed by atoms with Gasteiger partial charge in [-0.15, -0.1) is 11.3 Å². The average molecular weight is 386 g/mol. The Labute approximate surface area is 156 Å². The van der Waals surface area contributed by atoms with Gasteiger partial charge in [-0.25, -0.2) is 13.4 Å². The number of anilines is 1. The largest absolute Gasteiger partial charge is 0.496 e. The molecule has 1 aliphatic heterocycles. The van der Waals surface area contributed by atoms with Crippen molar-refractivity contribution in [1.29, 1.82) is 0 Å². The molecular weight excluding hydrogens is 368 g/mol. The lowest BCUT2D eigenvalue weighted by molar-refractivity contribution is 0.416. The van der Waals surface area contributed by atoms with E-state index in [2.05, 4.69) is 0 Å². The molecule has 0 spiro atoms. The first kappa shape index (κ1) is 17.1. The van der Waals surface area contributed by atoms with E-state index in [4.69, 9.17) is 9.72 Å². The molecule has 4 rings (SSSR count). The van der Waals surface area contributed by atoms with Crippen LogP contribution in [0.3, 0.4) is 0 Å². The number of hydrogen-bond acceptors (Lipinski definition) is 5. The third-order valence-electron chi connectivity index (χ3n) is 4.47. The molecule has 0 atom stereocenters. The average Bonchev–Trinajstić information content (AvgIpc) is 3.27. The molecule has 5 nitrogen and oxygen atoms in total. The molecule has 26 heavy (non-hydrogen) atoms. The van der Waals surface area contributed by atoms with Gasteiger partial charge in [-0.2, -0.15) is 0 Å². The summed E-state index contributed by atoms with van der Waals surface area (Å²) in [7, 11) is -1.57. The number of nitrogens with zero attached hydrogens (tertiary/aromatic N) is 2. The van der Waals surface area contributed by atoms with Gasteiger partial charge in [0.1, 0.15) is 10.8 Å². The number of ether oxygens (including phenoxy) is 1. The van der Waals surface area contributed by atoms with Gasteiger partial charge < -0.3 is 4.74 Å². The Hall–Kier alpha value is -2.38. The number of para-hydroxylation sites is 1. The van der Waals surface area contributed by atoms with Crippen LogP contribution in [0.1, 0.15) is 5.56 Å². The third-order valence-corrected chi connectivity index (χ3v) is 6.53. The van der Waals surface area contributed by atoms with Crippen molar-refractivity contribution in [2.45, 2.75) is 6.42 Å². The van der Waals surface area contributed by atoms with Gasteiger partial charge >= 0.3 is 0 Å². The van der Waals surface area contributed by atoms with Crippen LogP contribution in [0.25, 0.3) is 21.8 Å². The molecule has 2 aromatic carbocycles. The minimum Gasteiger partial charge on any atom is -0.496 e. The third kappa shape index (κ3) is 2.97. The normalized spacial score (nSPS) is 13.7. The molecule has 0 bridgehead atoms. The summed E-state index contributed by atoms with van der Waals surface area (Å²) >= 11 is 1.57. The fourth-order valence-corrected chi connectivity index (χ4v) is 5.04. The zero-order valence-electron chi connectivity index (χ0n) is 14.5. The van der Waals surface area contributed by atoms with Gasteiger partial charge in [0.25, 0.3) is 0 Å². The van der Waals surface area contributed by atoms with Gasteiger partial charge in [0.05, 0.1) is 30.3 Å². The van der Waals surface area contributed by atoms with E-state index in [1.807, 2.05) is 47.8 Å². The Balaban J connectivity index is 1.69. The highest BCUT2D eigenvalue weighted by Crippen LogP contribution is 2.37. The Bertz CT molecular complexity index is 1070. The lowest BCUT2D eigenvalue weighted by Crippen LogP contribution is -2.27. The maximum atomic E-state index is 11.9. The summed E-state index contributed by atoms with van der Waals surface area (Å²) in [6.07, 6.45) is 1.97. The van der Waals surface area contributed by atoms with Crippen LogP contribution in [0, 0.1) is 0 Å². The molecule has 0 fully saturated rings. The second-order valence-electron chi connectivity index (χ2n) is 6.17. The summed E-state index contributed by atoms with van der Waals surface area (Å²) in [5, 5.41) is 2.92. The molecule has 134 valence electrons. The van der Waals surface area contributed by atoms with Crippen molar-refractivity contribution in [3.05, 3.63) is 53.4 Å². The molecule has 0 N–H and O–H groups in total. The van der Waals surface area contributed by atoms with E-state index >= 15 is 0 Å². The monoisotopic (exact) mass is 386 g/mol. The molecule has 3 aromatic rings.